The molecule has 4 heteroatoms. The van der Waals surface area contributed by atoms with Gasteiger partial charge >= 0.3 is 0 Å². The van der Waals surface area contributed by atoms with Crippen LogP contribution in [-0.2, 0) is 0 Å². The third kappa shape index (κ3) is 3.53. The van der Waals surface area contributed by atoms with Crippen LogP contribution in [0.4, 0.5) is 0 Å². The first-order chi connectivity index (χ1) is 5.83. The second-order valence-corrected chi connectivity index (χ2v) is 4.06. The summed E-state index contributed by atoms with van der Waals surface area (Å²) in [6.45, 7) is 2.18. The van der Waals surface area contributed by atoms with Gasteiger partial charge in [-0.1, -0.05) is 0 Å². The molecule has 0 unspecified atom stereocenters. The lowest BCUT2D eigenvalue weighted by atomic mass is 10.1. The summed E-state index contributed by atoms with van der Waals surface area (Å²) in [4.78, 5) is 4.43. The molecule has 0 radical (unpaired) electrons. The summed E-state index contributed by atoms with van der Waals surface area (Å²) in [5.74, 6) is 0. The average Bonchev–Trinajstić information content (AvgIpc) is 2.16. The van der Waals surface area contributed by atoms with Crippen LogP contribution in [0.15, 0.2) is 14.8 Å². The number of piperidine rings is 1. The molecule has 1 aliphatic rings. The first-order valence-corrected chi connectivity index (χ1v) is 5.22. The molecule has 3 N–H and O–H groups in total. The maximum absolute atomic E-state index is 5.31. The average molecular weight is 279 g/mol. The van der Waals surface area contributed by atoms with E-state index in [-0.39, 0.29) is 0 Å². The Morgan fingerprint density at radius 3 is 2.75 bits per heavy atom. The lowest BCUT2D eigenvalue weighted by Crippen LogP contribution is -2.29. The van der Waals surface area contributed by atoms with Crippen molar-refractivity contribution in [2.75, 3.05) is 13.1 Å². The molecule has 1 fully saturated rings. The SMILES string of the molecule is NC=C(I)C=NC1CCNCC1. The Hall–Kier alpha value is -0.100. The Kier molecular flexibility index (Phi) is 4.60. The van der Waals surface area contributed by atoms with Crippen LogP contribution in [0.3, 0.4) is 0 Å². The molecule has 0 aromatic carbocycles. The number of rotatable bonds is 2. The van der Waals surface area contributed by atoms with Crippen molar-refractivity contribution in [1.82, 2.24) is 5.32 Å². The summed E-state index contributed by atoms with van der Waals surface area (Å²) in [5.41, 5.74) is 5.31. The van der Waals surface area contributed by atoms with Crippen LogP contribution in [0.25, 0.3) is 0 Å². The van der Waals surface area contributed by atoms with Gasteiger partial charge in [0, 0.05) is 16.0 Å². The summed E-state index contributed by atoms with van der Waals surface area (Å²) < 4.78 is 1.01. The Balaban J connectivity index is 2.33. The van der Waals surface area contributed by atoms with Crippen LogP contribution in [0.2, 0.25) is 0 Å². The third-order valence-corrected chi connectivity index (χ3v) is 2.51. The van der Waals surface area contributed by atoms with Crippen molar-refractivity contribution in [3.8, 4) is 0 Å². The number of hydrogen-bond acceptors (Lipinski definition) is 3. The van der Waals surface area contributed by atoms with E-state index in [0.29, 0.717) is 6.04 Å². The van der Waals surface area contributed by atoms with Gasteiger partial charge < -0.3 is 11.1 Å². The molecule has 0 bridgehead atoms. The van der Waals surface area contributed by atoms with Crippen LogP contribution in [0.5, 0.6) is 0 Å². The molecule has 1 saturated heterocycles. The minimum atomic E-state index is 0.496. The van der Waals surface area contributed by atoms with Crippen LogP contribution in [-0.4, -0.2) is 25.3 Å². The summed E-state index contributed by atoms with van der Waals surface area (Å²) in [5, 5.41) is 3.30. The summed E-state index contributed by atoms with van der Waals surface area (Å²) in [6, 6.07) is 0.496. The summed E-state index contributed by atoms with van der Waals surface area (Å²) >= 11 is 2.17. The number of nitrogens with zero attached hydrogens (tertiary/aromatic N) is 1. The molecule has 3 nitrogen and oxygen atoms in total. The monoisotopic (exact) mass is 279 g/mol. The molecule has 0 aromatic heterocycles. The molecule has 0 amide bonds. The summed E-state index contributed by atoms with van der Waals surface area (Å²) in [6.07, 6.45) is 5.72. The highest BCUT2D eigenvalue weighted by Crippen LogP contribution is 2.08. The van der Waals surface area contributed by atoms with E-state index in [2.05, 4.69) is 32.9 Å². The van der Waals surface area contributed by atoms with Crippen molar-refractivity contribution in [1.29, 1.82) is 0 Å². The van der Waals surface area contributed by atoms with E-state index in [4.69, 9.17) is 5.73 Å². The molecule has 12 heavy (non-hydrogen) atoms. The topological polar surface area (TPSA) is 50.4 Å². The molecular formula is C8H14IN3. The molecule has 0 saturated carbocycles. The zero-order valence-corrected chi connectivity index (χ0v) is 9.12. The fraction of sp³-hybridized carbons (Fsp3) is 0.625. The number of nitrogens with one attached hydrogen (secondary N) is 1. The van der Waals surface area contributed by atoms with Gasteiger partial charge in [0.25, 0.3) is 0 Å². The molecule has 1 aliphatic heterocycles. The normalized spacial score (nSPS) is 21.9. The number of allylic oxidation sites excluding steroid dienone is 1. The van der Waals surface area contributed by atoms with Gasteiger partial charge in [-0.15, -0.1) is 0 Å². The predicted molar refractivity (Wildman–Crippen MR) is 60.7 cm³/mol. The number of hydrogen-bond donors (Lipinski definition) is 2. The smallest absolute Gasteiger partial charge is 0.0524 e. The molecule has 1 heterocycles. The van der Waals surface area contributed by atoms with Gasteiger partial charge in [-0.05, 0) is 48.5 Å². The van der Waals surface area contributed by atoms with Crippen LogP contribution >= 0.6 is 22.6 Å². The van der Waals surface area contributed by atoms with Crippen LogP contribution in [0.1, 0.15) is 12.8 Å². The van der Waals surface area contributed by atoms with Gasteiger partial charge in [0.2, 0.25) is 0 Å². The Bertz CT molecular complexity index is 183. The van der Waals surface area contributed by atoms with Crippen LogP contribution < -0.4 is 11.1 Å². The van der Waals surface area contributed by atoms with Crippen molar-refractivity contribution < 1.29 is 0 Å². The van der Waals surface area contributed by atoms with Gasteiger partial charge in [-0.3, -0.25) is 4.99 Å². The van der Waals surface area contributed by atoms with E-state index in [1.54, 1.807) is 6.20 Å². The lowest BCUT2D eigenvalue weighted by Gasteiger charge is -2.18. The molecule has 68 valence electrons. The third-order valence-electron chi connectivity index (χ3n) is 1.88. The number of halogens is 1. The van der Waals surface area contributed by atoms with Crippen molar-refractivity contribution in [2.24, 2.45) is 10.7 Å². The maximum atomic E-state index is 5.31. The molecule has 0 aromatic rings. The van der Waals surface area contributed by atoms with E-state index < -0.39 is 0 Å². The van der Waals surface area contributed by atoms with Crippen LogP contribution in [0, 0.1) is 0 Å². The number of aliphatic imine (C=N–C) groups is 1. The molecule has 1 rings (SSSR count). The van der Waals surface area contributed by atoms with Gasteiger partial charge in [0.1, 0.15) is 0 Å². The second-order valence-electron chi connectivity index (χ2n) is 2.81. The molecule has 0 atom stereocenters. The fourth-order valence-electron chi connectivity index (χ4n) is 1.18. The predicted octanol–water partition coefficient (Wildman–Crippen LogP) is 1.04. The highest BCUT2D eigenvalue weighted by molar-refractivity contribution is 14.1. The highest BCUT2D eigenvalue weighted by atomic mass is 127. The molecular weight excluding hydrogens is 265 g/mol. The Morgan fingerprint density at radius 1 is 1.50 bits per heavy atom. The van der Waals surface area contributed by atoms with Crippen molar-refractivity contribution in [3.05, 3.63) is 9.78 Å². The molecule has 0 spiro atoms. The highest BCUT2D eigenvalue weighted by Gasteiger charge is 2.09. The zero-order chi connectivity index (χ0) is 8.81. The Morgan fingerprint density at radius 2 is 2.17 bits per heavy atom. The van der Waals surface area contributed by atoms with Gasteiger partial charge in [0.15, 0.2) is 0 Å². The standard InChI is InChI=1S/C8H14IN3/c9-7(5-10)6-12-8-1-3-11-4-2-8/h5-6,8,11H,1-4,10H2. The largest absolute Gasteiger partial charge is 0.404 e. The van der Waals surface area contributed by atoms with E-state index in [0.717, 1.165) is 29.5 Å². The van der Waals surface area contributed by atoms with Gasteiger partial charge in [-0.25, -0.2) is 0 Å². The van der Waals surface area contributed by atoms with Gasteiger partial charge in [-0.2, -0.15) is 0 Å². The molecule has 0 aliphatic carbocycles. The minimum Gasteiger partial charge on any atom is -0.404 e. The van der Waals surface area contributed by atoms with Crippen molar-refractivity contribution >= 4 is 28.8 Å². The lowest BCUT2D eigenvalue weighted by molar-refractivity contribution is 0.461. The second kappa shape index (κ2) is 5.53. The van der Waals surface area contributed by atoms with E-state index in [9.17, 15) is 0 Å². The summed E-state index contributed by atoms with van der Waals surface area (Å²) in [7, 11) is 0. The van der Waals surface area contributed by atoms with E-state index in [1.807, 2.05) is 6.21 Å². The first kappa shape index (κ1) is 9.98. The van der Waals surface area contributed by atoms with E-state index >= 15 is 0 Å². The zero-order valence-electron chi connectivity index (χ0n) is 6.96. The maximum Gasteiger partial charge on any atom is 0.0524 e. The quantitative estimate of drug-likeness (QED) is 0.586. The Labute approximate surface area is 86.6 Å². The van der Waals surface area contributed by atoms with Gasteiger partial charge in [0.05, 0.1) is 6.04 Å². The fourth-order valence-corrected chi connectivity index (χ4v) is 1.34. The minimum absolute atomic E-state index is 0.496. The van der Waals surface area contributed by atoms with Crippen molar-refractivity contribution in [3.63, 3.8) is 0 Å². The van der Waals surface area contributed by atoms with Crippen molar-refractivity contribution in [2.45, 2.75) is 18.9 Å². The first-order valence-electron chi connectivity index (χ1n) is 4.14. The number of nitrogens with two attached hydrogens (primary N) is 1. The van der Waals surface area contributed by atoms with E-state index in [1.165, 1.54) is 0 Å².